The molecule has 0 unspecified atom stereocenters. The molecule has 28 heavy (non-hydrogen) atoms. The van der Waals surface area contributed by atoms with E-state index in [1.807, 2.05) is 6.92 Å². The van der Waals surface area contributed by atoms with Crippen molar-refractivity contribution in [3.05, 3.63) is 58.4 Å². The van der Waals surface area contributed by atoms with Gasteiger partial charge in [-0.15, -0.1) is 0 Å². The predicted molar refractivity (Wildman–Crippen MR) is 108 cm³/mol. The highest BCUT2D eigenvalue weighted by atomic mass is 16.5. The summed E-state index contributed by atoms with van der Waals surface area (Å²) in [6, 6.07) is 8.26. The largest absolute Gasteiger partial charge is 0.478 e. The van der Waals surface area contributed by atoms with Crippen molar-refractivity contribution in [3.8, 4) is 17.2 Å². The Balaban J connectivity index is 2.24. The second-order valence-corrected chi connectivity index (χ2v) is 8.33. The molecule has 0 saturated heterocycles. The van der Waals surface area contributed by atoms with Gasteiger partial charge in [-0.25, -0.2) is 4.79 Å². The fourth-order valence-corrected chi connectivity index (χ4v) is 3.60. The molecule has 1 aromatic carbocycles. The highest BCUT2D eigenvalue weighted by molar-refractivity contribution is 5.85. The van der Waals surface area contributed by atoms with E-state index in [0.29, 0.717) is 17.9 Å². The number of aromatic nitrogens is 1. The molecular weight excluding hydrogens is 352 g/mol. The molecule has 1 aliphatic rings. The molecule has 0 atom stereocenters. The van der Waals surface area contributed by atoms with Gasteiger partial charge < -0.3 is 9.84 Å². The lowest BCUT2D eigenvalue weighted by atomic mass is 9.73. The molecule has 2 heterocycles. The lowest BCUT2D eigenvalue weighted by molar-refractivity contribution is -0.131. The molecule has 0 spiro atoms. The minimum Gasteiger partial charge on any atom is -0.478 e. The van der Waals surface area contributed by atoms with Crippen molar-refractivity contribution in [2.45, 2.75) is 45.6 Å². The minimum absolute atomic E-state index is 0.154. The number of aliphatic carboxylic acids is 1. The first kappa shape index (κ1) is 19.8. The highest BCUT2D eigenvalue weighted by Gasteiger charge is 2.38. The number of nitrogens with zero attached hydrogens (tertiary/aromatic N) is 2. The van der Waals surface area contributed by atoms with Crippen molar-refractivity contribution in [2.75, 3.05) is 6.61 Å². The summed E-state index contributed by atoms with van der Waals surface area (Å²) >= 11 is 0. The third-order valence-corrected chi connectivity index (χ3v) is 5.27. The van der Waals surface area contributed by atoms with Gasteiger partial charge in [0.15, 0.2) is 0 Å². The molecule has 0 aliphatic carbocycles. The van der Waals surface area contributed by atoms with E-state index in [-0.39, 0.29) is 11.0 Å². The first-order valence-electron chi connectivity index (χ1n) is 9.16. The average molecular weight is 376 g/mol. The highest BCUT2D eigenvalue weighted by Crippen LogP contribution is 2.44. The van der Waals surface area contributed by atoms with Gasteiger partial charge in [0.1, 0.15) is 6.07 Å². The van der Waals surface area contributed by atoms with E-state index < -0.39 is 5.97 Å². The second kappa shape index (κ2) is 6.88. The number of carboxylic acids is 1. The molecule has 0 fully saturated rings. The maximum absolute atomic E-state index is 10.8. The lowest BCUT2D eigenvalue weighted by Gasteiger charge is -2.42. The summed E-state index contributed by atoms with van der Waals surface area (Å²) in [6.45, 7) is 11.1. The first-order valence-corrected chi connectivity index (χ1v) is 9.16. The van der Waals surface area contributed by atoms with Gasteiger partial charge in [-0.05, 0) is 61.2 Å². The fourth-order valence-electron chi connectivity index (χ4n) is 3.60. The van der Waals surface area contributed by atoms with Gasteiger partial charge in [0.25, 0.3) is 0 Å². The van der Waals surface area contributed by atoms with Crippen molar-refractivity contribution in [1.29, 1.82) is 5.26 Å². The molecule has 5 nitrogen and oxygen atoms in total. The Hall–Kier alpha value is -2.97. The van der Waals surface area contributed by atoms with Crippen LogP contribution in [0.25, 0.3) is 17.2 Å². The molecule has 1 aliphatic heterocycles. The number of fused-ring (bicyclic) bond motifs is 1. The fraction of sp³-hybridized carbons (Fsp3) is 0.348. The third kappa shape index (κ3) is 3.56. The zero-order valence-electron chi connectivity index (χ0n) is 16.8. The van der Waals surface area contributed by atoms with Gasteiger partial charge >= 0.3 is 5.97 Å². The standard InChI is InChI=1S/C23H24N2O3/c1-14-8-20-19(22(2,3)13-28-23(20,4)5)10-17(14)18-9-16(6-7-21(26)27)25-12-15(18)11-24/h6-10,12H,13H2,1-5H3,(H,26,27)/b7-6+. The summed E-state index contributed by atoms with van der Waals surface area (Å²) in [4.78, 5) is 15.0. The summed E-state index contributed by atoms with van der Waals surface area (Å²) < 4.78 is 6.10. The van der Waals surface area contributed by atoms with E-state index in [2.05, 4.69) is 50.9 Å². The zero-order valence-corrected chi connectivity index (χ0v) is 16.8. The summed E-state index contributed by atoms with van der Waals surface area (Å²) in [6.07, 6.45) is 3.97. The Kier molecular flexibility index (Phi) is 4.86. The molecule has 0 amide bonds. The topological polar surface area (TPSA) is 83.2 Å². The Morgan fingerprint density at radius 2 is 1.93 bits per heavy atom. The molecule has 0 bridgehead atoms. The molecule has 5 heteroatoms. The molecule has 0 radical (unpaired) electrons. The van der Waals surface area contributed by atoms with Gasteiger partial charge in [0, 0.05) is 23.3 Å². The van der Waals surface area contributed by atoms with Crippen LogP contribution in [0.15, 0.2) is 30.5 Å². The number of aryl methyl sites for hydroxylation is 1. The van der Waals surface area contributed by atoms with Crippen LogP contribution in [-0.2, 0) is 20.5 Å². The Bertz CT molecular complexity index is 1030. The number of benzene rings is 1. The molecule has 144 valence electrons. The Morgan fingerprint density at radius 3 is 2.57 bits per heavy atom. The van der Waals surface area contributed by atoms with E-state index in [9.17, 15) is 10.1 Å². The van der Waals surface area contributed by atoms with Crippen LogP contribution >= 0.6 is 0 Å². The molecule has 2 aromatic rings. The van der Waals surface area contributed by atoms with Gasteiger partial charge in [-0.1, -0.05) is 19.9 Å². The Morgan fingerprint density at radius 1 is 1.21 bits per heavy atom. The van der Waals surface area contributed by atoms with Crippen molar-refractivity contribution in [3.63, 3.8) is 0 Å². The minimum atomic E-state index is -1.04. The van der Waals surface area contributed by atoms with Crippen LogP contribution in [0.3, 0.4) is 0 Å². The Labute approximate surface area is 165 Å². The van der Waals surface area contributed by atoms with Crippen LogP contribution in [0, 0.1) is 18.3 Å². The van der Waals surface area contributed by atoms with Gasteiger partial charge in [0.05, 0.1) is 23.5 Å². The molecule has 3 rings (SSSR count). The van der Waals surface area contributed by atoms with Gasteiger partial charge in [-0.3, -0.25) is 4.98 Å². The van der Waals surface area contributed by atoms with Crippen molar-refractivity contribution in [2.24, 2.45) is 0 Å². The van der Waals surface area contributed by atoms with Crippen LogP contribution in [0.1, 0.15) is 55.6 Å². The van der Waals surface area contributed by atoms with Crippen molar-refractivity contribution in [1.82, 2.24) is 4.98 Å². The van der Waals surface area contributed by atoms with E-state index in [1.165, 1.54) is 17.8 Å². The van der Waals surface area contributed by atoms with Gasteiger partial charge in [0.2, 0.25) is 0 Å². The third-order valence-electron chi connectivity index (χ3n) is 5.27. The van der Waals surface area contributed by atoms with Gasteiger partial charge in [-0.2, -0.15) is 5.26 Å². The number of ether oxygens (including phenoxy) is 1. The number of pyridine rings is 1. The SMILES string of the molecule is Cc1cc2c(cc1-c1cc(/C=C/C(=O)O)ncc1C#N)C(C)(C)COC2(C)C. The molecule has 1 aromatic heterocycles. The number of hydrogen-bond acceptors (Lipinski definition) is 4. The number of nitriles is 1. The normalized spacial score (nSPS) is 17.1. The van der Waals surface area contributed by atoms with Crippen LogP contribution in [0.4, 0.5) is 0 Å². The van der Waals surface area contributed by atoms with Crippen molar-refractivity contribution >= 4 is 12.0 Å². The summed E-state index contributed by atoms with van der Waals surface area (Å²) in [7, 11) is 0. The maximum Gasteiger partial charge on any atom is 0.328 e. The number of rotatable bonds is 3. The van der Waals surface area contributed by atoms with Crippen LogP contribution < -0.4 is 0 Å². The average Bonchev–Trinajstić information content (AvgIpc) is 2.63. The smallest absolute Gasteiger partial charge is 0.328 e. The van der Waals surface area contributed by atoms with Crippen LogP contribution in [-0.4, -0.2) is 22.7 Å². The van der Waals surface area contributed by atoms with Crippen LogP contribution in [0.5, 0.6) is 0 Å². The van der Waals surface area contributed by atoms with Crippen LogP contribution in [0.2, 0.25) is 0 Å². The van der Waals surface area contributed by atoms with E-state index in [1.54, 1.807) is 6.07 Å². The number of carbonyl (C=O) groups is 1. The molecular formula is C23H24N2O3. The van der Waals surface area contributed by atoms with Crippen molar-refractivity contribution < 1.29 is 14.6 Å². The quantitative estimate of drug-likeness (QED) is 0.794. The number of carboxylic acid groups (broad SMARTS) is 1. The zero-order chi connectivity index (χ0) is 20.7. The van der Waals surface area contributed by atoms with E-state index in [4.69, 9.17) is 9.84 Å². The lowest BCUT2D eigenvalue weighted by Crippen LogP contribution is -2.40. The van der Waals surface area contributed by atoms with E-state index >= 15 is 0 Å². The predicted octanol–water partition coefficient (Wildman–Crippen LogP) is 4.57. The van der Waals surface area contributed by atoms with E-state index in [0.717, 1.165) is 28.3 Å². The molecule has 1 N–H and O–H groups in total. The summed E-state index contributed by atoms with van der Waals surface area (Å²) in [5.74, 6) is -1.04. The first-order chi connectivity index (χ1) is 13.0. The maximum atomic E-state index is 10.8. The monoisotopic (exact) mass is 376 g/mol. The number of hydrogen-bond donors (Lipinski definition) is 1. The molecule has 0 saturated carbocycles. The second-order valence-electron chi connectivity index (χ2n) is 8.33. The summed E-state index contributed by atoms with van der Waals surface area (Å²) in [5, 5.41) is 18.4. The summed E-state index contributed by atoms with van der Waals surface area (Å²) in [5.41, 5.74) is 5.52.